The number of nitrogens with two attached hydrogens (primary N) is 2. The lowest BCUT2D eigenvalue weighted by molar-refractivity contribution is 0.0477. The van der Waals surface area contributed by atoms with Crippen molar-refractivity contribution in [3.63, 3.8) is 0 Å². The second-order valence-corrected chi connectivity index (χ2v) is 5.70. The minimum atomic E-state index is -0.0877. The van der Waals surface area contributed by atoms with Gasteiger partial charge >= 0.3 is 0 Å². The van der Waals surface area contributed by atoms with E-state index >= 15 is 0 Å². The lowest BCUT2D eigenvalue weighted by Gasteiger charge is -2.17. The van der Waals surface area contributed by atoms with Crippen molar-refractivity contribution in [2.75, 3.05) is 13.2 Å². The molecule has 2 fully saturated rings. The van der Waals surface area contributed by atoms with E-state index in [9.17, 15) is 0 Å². The number of fused-ring (bicyclic) bond motifs is 2. The molecule has 2 bridgehead atoms. The van der Waals surface area contributed by atoms with Crippen LogP contribution in [0.3, 0.4) is 0 Å². The maximum atomic E-state index is 7.19. The summed E-state index contributed by atoms with van der Waals surface area (Å²) in [6.07, 6.45) is 9.24. The lowest BCUT2D eigenvalue weighted by Crippen LogP contribution is -2.17. The number of nitrogens with one attached hydrogen (secondary N) is 2. The van der Waals surface area contributed by atoms with E-state index in [4.69, 9.17) is 33.2 Å². The van der Waals surface area contributed by atoms with Crippen molar-refractivity contribution in [3.05, 3.63) is 35.4 Å². The largest absolute Gasteiger partial charge is 0.385 e. The highest BCUT2D eigenvalue weighted by Crippen LogP contribution is 2.34. The van der Waals surface area contributed by atoms with Crippen LogP contribution >= 0.6 is 11.6 Å². The number of rotatable bonds is 1. The highest BCUT2D eigenvalue weighted by atomic mass is 35.5. The number of ether oxygens (including phenoxy) is 1. The fraction of sp³-hybridized carbons (Fsp3) is 0.500. The summed E-state index contributed by atoms with van der Waals surface area (Å²) >= 11 is 5.49. The second kappa shape index (κ2) is 6.81. The van der Waals surface area contributed by atoms with Crippen LogP contribution in [0.15, 0.2) is 35.4 Å². The van der Waals surface area contributed by atoms with Crippen molar-refractivity contribution in [2.45, 2.75) is 19.3 Å². The highest BCUT2D eigenvalue weighted by Gasteiger charge is 2.28. The van der Waals surface area contributed by atoms with Gasteiger partial charge in [0.25, 0.3) is 0 Å². The molecule has 5 nitrogen and oxygen atoms in total. The molecule has 6 heteroatoms. The standard InChI is InChI=1S/C7H9ClN4.C7H12O/c8-6(9)5-3-12-2-1-4(5)7(10)11;1-2-7-3-6(1)4-8-5-7/h1-3,9,12H,10-11H2;6-7H,1-5H2/t;6-,7+. The molecule has 0 spiro atoms. The first-order valence-electron chi connectivity index (χ1n) is 6.78. The van der Waals surface area contributed by atoms with Gasteiger partial charge in [-0.3, -0.25) is 5.41 Å². The van der Waals surface area contributed by atoms with Gasteiger partial charge in [0.1, 0.15) is 11.0 Å². The van der Waals surface area contributed by atoms with Gasteiger partial charge in [0.2, 0.25) is 0 Å². The maximum Gasteiger partial charge on any atom is 0.130 e. The molecule has 20 heavy (non-hydrogen) atoms. The Bertz CT molecular complexity index is 452. The van der Waals surface area contributed by atoms with Crippen LogP contribution in [-0.2, 0) is 4.74 Å². The van der Waals surface area contributed by atoms with E-state index in [1.165, 1.54) is 19.3 Å². The zero-order valence-corrected chi connectivity index (χ0v) is 12.1. The molecule has 1 saturated carbocycles. The zero-order valence-electron chi connectivity index (χ0n) is 11.4. The minimum Gasteiger partial charge on any atom is -0.385 e. The van der Waals surface area contributed by atoms with Gasteiger partial charge in [-0.2, -0.15) is 0 Å². The highest BCUT2D eigenvalue weighted by molar-refractivity contribution is 6.69. The Balaban J connectivity index is 0.000000157. The quantitative estimate of drug-likeness (QED) is 0.554. The fourth-order valence-corrected chi connectivity index (χ4v) is 2.90. The third-order valence-electron chi connectivity index (χ3n) is 3.77. The molecular weight excluding hydrogens is 276 g/mol. The zero-order chi connectivity index (χ0) is 14.5. The fourth-order valence-electron chi connectivity index (χ4n) is 2.75. The summed E-state index contributed by atoms with van der Waals surface area (Å²) in [7, 11) is 0. The van der Waals surface area contributed by atoms with Gasteiger partial charge < -0.3 is 21.5 Å². The van der Waals surface area contributed by atoms with Crippen LogP contribution in [0, 0.1) is 17.2 Å². The van der Waals surface area contributed by atoms with Crippen LogP contribution in [0.2, 0.25) is 0 Å². The van der Waals surface area contributed by atoms with Crippen molar-refractivity contribution in [3.8, 4) is 0 Å². The van der Waals surface area contributed by atoms with E-state index in [1.54, 1.807) is 18.5 Å². The average molecular weight is 297 g/mol. The number of dihydropyridines is 1. The molecule has 110 valence electrons. The summed E-state index contributed by atoms with van der Waals surface area (Å²) < 4.78 is 5.36. The Morgan fingerprint density at radius 1 is 1.30 bits per heavy atom. The van der Waals surface area contributed by atoms with Gasteiger partial charge in [0.15, 0.2) is 0 Å². The third kappa shape index (κ3) is 3.77. The summed E-state index contributed by atoms with van der Waals surface area (Å²) in [6, 6.07) is 0. The summed E-state index contributed by atoms with van der Waals surface area (Å²) in [6.45, 7) is 2.10. The Hall–Kier alpha value is -1.46. The first-order chi connectivity index (χ1) is 9.58. The molecule has 0 aromatic carbocycles. The van der Waals surface area contributed by atoms with Crippen molar-refractivity contribution in [2.24, 2.45) is 23.3 Å². The van der Waals surface area contributed by atoms with Gasteiger partial charge in [-0.05, 0) is 37.2 Å². The molecule has 3 aliphatic rings. The van der Waals surface area contributed by atoms with Crippen LogP contribution in [0.5, 0.6) is 0 Å². The van der Waals surface area contributed by atoms with E-state index < -0.39 is 0 Å². The monoisotopic (exact) mass is 296 g/mol. The van der Waals surface area contributed by atoms with E-state index in [-0.39, 0.29) is 11.0 Å². The molecule has 0 unspecified atom stereocenters. The maximum absolute atomic E-state index is 7.19. The topological polar surface area (TPSA) is 97.1 Å². The molecule has 0 amide bonds. The molecule has 3 rings (SSSR count). The van der Waals surface area contributed by atoms with Crippen LogP contribution in [-0.4, -0.2) is 18.4 Å². The Morgan fingerprint density at radius 3 is 2.40 bits per heavy atom. The minimum absolute atomic E-state index is 0.0877. The predicted octanol–water partition coefficient (Wildman–Crippen LogP) is 1.77. The van der Waals surface area contributed by atoms with Crippen molar-refractivity contribution in [1.82, 2.24) is 5.32 Å². The SMILES string of the molecule is C1C[C@H]2COC[C@@H]1C2.N=C(Cl)C1=CNC=CC1=C(N)N. The normalized spacial score (nSPS) is 27.1. The van der Waals surface area contributed by atoms with Gasteiger partial charge in [0.05, 0.1) is 0 Å². The van der Waals surface area contributed by atoms with Crippen molar-refractivity contribution in [1.29, 1.82) is 5.41 Å². The number of hydrogen-bond acceptors (Lipinski definition) is 5. The van der Waals surface area contributed by atoms with Crippen LogP contribution < -0.4 is 16.8 Å². The summed E-state index contributed by atoms with van der Waals surface area (Å²) in [4.78, 5) is 0. The number of hydrogen-bond donors (Lipinski definition) is 4. The molecule has 0 aromatic rings. The molecular formula is C14H21ClN4O. The Kier molecular flexibility index (Phi) is 5.09. The number of halogens is 1. The van der Waals surface area contributed by atoms with E-state index in [0.717, 1.165) is 25.0 Å². The van der Waals surface area contributed by atoms with E-state index in [1.807, 2.05) is 0 Å². The second-order valence-electron chi connectivity index (χ2n) is 5.32. The molecule has 1 saturated heterocycles. The smallest absolute Gasteiger partial charge is 0.130 e. The molecule has 1 aliphatic carbocycles. The van der Waals surface area contributed by atoms with Gasteiger partial charge in [-0.15, -0.1) is 0 Å². The number of allylic oxidation sites excluding steroid dienone is 3. The molecule has 2 atom stereocenters. The molecule has 0 radical (unpaired) electrons. The summed E-state index contributed by atoms with van der Waals surface area (Å²) in [5, 5.41) is 9.89. The van der Waals surface area contributed by atoms with Crippen LogP contribution in [0.4, 0.5) is 0 Å². The molecule has 6 N–H and O–H groups in total. The van der Waals surface area contributed by atoms with Gasteiger partial charge in [0, 0.05) is 36.8 Å². The molecule has 0 aromatic heterocycles. The summed E-state index contributed by atoms with van der Waals surface area (Å²) in [5.41, 5.74) is 11.8. The predicted molar refractivity (Wildman–Crippen MR) is 81.0 cm³/mol. The lowest BCUT2D eigenvalue weighted by atomic mass is 10.0. The van der Waals surface area contributed by atoms with Gasteiger partial charge in [-0.25, -0.2) is 0 Å². The Morgan fingerprint density at radius 2 is 1.95 bits per heavy atom. The Labute approximate surface area is 124 Å². The first-order valence-corrected chi connectivity index (χ1v) is 7.16. The molecule has 2 heterocycles. The van der Waals surface area contributed by atoms with Crippen LogP contribution in [0.25, 0.3) is 0 Å². The van der Waals surface area contributed by atoms with Gasteiger partial charge in [-0.1, -0.05) is 11.6 Å². The van der Waals surface area contributed by atoms with Crippen molar-refractivity contribution >= 4 is 16.8 Å². The third-order valence-corrected chi connectivity index (χ3v) is 3.97. The van der Waals surface area contributed by atoms with Crippen molar-refractivity contribution < 1.29 is 4.74 Å². The first kappa shape index (κ1) is 14.9. The van der Waals surface area contributed by atoms with E-state index in [2.05, 4.69) is 5.32 Å². The average Bonchev–Trinajstić information content (AvgIpc) is 2.78. The van der Waals surface area contributed by atoms with Crippen LogP contribution in [0.1, 0.15) is 19.3 Å². The summed E-state index contributed by atoms with van der Waals surface area (Å²) in [5.74, 6) is 2.03. The molecule has 2 aliphatic heterocycles. The van der Waals surface area contributed by atoms with E-state index in [0.29, 0.717) is 11.1 Å².